The Morgan fingerprint density at radius 2 is 1.92 bits per heavy atom. The third-order valence-corrected chi connectivity index (χ3v) is 4.73. The number of rotatable bonds is 5. The lowest BCUT2D eigenvalue weighted by Gasteiger charge is -2.10. The van der Waals surface area contributed by atoms with Crippen LogP contribution in [-0.2, 0) is 20.0 Å². The van der Waals surface area contributed by atoms with Crippen molar-refractivity contribution >= 4 is 22.8 Å². The van der Waals surface area contributed by atoms with Crippen molar-refractivity contribution in [1.82, 2.24) is 19.3 Å². The van der Waals surface area contributed by atoms with E-state index >= 15 is 0 Å². The summed E-state index contributed by atoms with van der Waals surface area (Å²) < 4.78 is 3.05. The number of hydrogen-bond donors (Lipinski definition) is 1. The molecule has 0 fully saturated rings. The third-order valence-electron chi connectivity index (χ3n) is 3.73. The molecule has 0 aliphatic carbocycles. The highest BCUT2D eigenvalue weighted by molar-refractivity contribution is 7.99. The van der Waals surface area contributed by atoms with Crippen LogP contribution < -0.4 is 11.1 Å². The number of fused-ring (bicyclic) bond motifs is 1. The van der Waals surface area contributed by atoms with Crippen LogP contribution in [0, 0.1) is 0 Å². The van der Waals surface area contributed by atoms with Crippen LogP contribution in [0.3, 0.4) is 0 Å². The summed E-state index contributed by atoms with van der Waals surface area (Å²) in [5, 5.41) is 3.58. The minimum Gasteiger partial charge on any atom is -0.314 e. The molecular formula is C17H20N4O2S. The van der Waals surface area contributed by atoms with Crippen molar-refractivity contribution in [2.24, 2.45) is 7.05 Å². The van der Waals surface area contributed by atoms with Gasteiger partial charge in [0.1, 0.15) is 5.52 Å². The van der Waals surface area contributed by atoms with Crippen LogP contribution in [-0.4, -0.2) is 24.6 Å². The second-order valence-electron chi connectivity index (χ2n) is 5.95. The van der Waals surface area contributed by atoms with Crippen molar-refractivity contribution in [3.63, 3.8) is 0 Å². The third kappa shape index (κ3) is 3.17. The van der Waals surface area contributed by atoms with Crippen molar-refractivity contribution < 1.29 is 0 Å². The van der Waals surface area contributed by atoms with Gasteiger partial charge < -0.3 is 4.57 Å². The summed E-state index contributed by atoms with van der Waals surface area (Å²) in [6.07, 6.45) is 0.770. The molecule has 0 aliphatic rings. The lowest BCUT2D eigenvalue weighted by molar-refractivity contribution is 0.645. The van der Waals surface area contributed by atoms with E-state index < -0.39 is 0 Å². The lowest BCUT2D eigenvalue weighted by atomic mass is 10.1. The summed E-state index contributed by atoms with van der Waals surface area (Å²) in [6.45, 7) is 4.73. The number of imidazole rings is 1. The molecule has 0 spiro atoms. The molecule has 0 unspecified atom stereocenters. The van der Waals surface area contributed by atoms with E-state index in [0.29, 0.717) is 22.5 Å². The van der Waals surface area contributed by atoms with E-state index in [0.717, 1.165) is 6.42 Å². The van der Waals surface area contributed by atoms with E-state index in [4.69, 9.17) is 0 Å². The Morgan fingerprint density at radius 1 is 1.21 bits per heavy atom. The summed E-state index contributed by atoms with van der Waals surface area (Å²) in [4.78, 5) is 29.2. The molecule has 24 heavy (non-hydrogen) atoms. The predicted octanol–water partition coefficient (Wildman–Crippen LogP) is 2.17. The largest absolute Gasteiger partial charge is 0.314 e. The molecule has 0 bridgehead atoms. The monoisotopic (exact) mass is 344 g/mol. The van der Waals surface area contributed by atoms with Crippen molar-refractivity contribution in [2.75, 3.05) is 0 Å². The normalized spacial score (nSPS) is 11.5. The van der Waals surface area contributed by atoms with Gasteiger partial charge in [-0.1, -0.05) is 55.9 Å². The maximum Gasteiger partial charge on any atom is 0.293 e. The molecule has 3 rings (SSSR count). The average molecular weight is 344 g/mol. The SMILES string of the molecule is CC(C)Sc1nc2c(=O)n(C)[nH]c(=O)c2n1CCc1ccccc1. The number of hydrogen-bond acceptors (Lipinski definition) is 4. The number of aromatic amines is 1. The highest BCUT2D eigenvalue weighted by atomic mass is 32.2. The Bertz CT molecular complexity index is 970. The molecule has 126 valence electrons. The summed E-state index contributed by atoms with van der Waals surface area (Å²) in [6, 6.07) is 10.1. The summed E-state index contributed by atoms with van der Waals surface area (Å²) in [5.74, 6) is 0. The summed E-state index contributed by atoms with van der Waals surface area (Å²) in [5.41, 5.74) is 1.20. The van der Waals surface area contributed by atoms with E-state index in [1.807, 2.05) is 22.8 Å². The first kappa shape index (κ1) is 16.6. The van der Waals surface area contributed by atoms with Crippen molar-refractivity contribution in [3.8, 4) is 0 Å². The highest BCUT2D eigenvalue weighted by Crippen LogP contribution is 2.24. The Morgan fingerprint density at radius 3 is 2.58 bits per heavy atom. The number of aromatic nitrogens is 4. The van der Waals surface area contributed by atoms with Gasteiger partial charge in [-0.2, -0.15) is 0 Å². The fraction of sp³-hybridized carbons (Fsp3) is 0.353. The number of benzene rings is 1. The summed E-state index contributed by atoms with van der Waals surface area (Å²) >= 11 is 1.56. The Balaban J connectivity index is 2.11. The average Bonchev–Trinajstić information content (AvgIpc) is 2.90. The zero-order chi connectivity index (χ0) is 17.3. The molecule has 0 saturated heterocycles. The Kier molecular flexibility index (Phi) is 4.62. The van der Waals surface area contributed by atoms with Crippen LogP contribution in [0.4, 0.5) is 0 Å². The number of aryl methyl sites for hydroxylation is 3. The predicted molar refractivity (Wildman–Crippen MR) is 96.7 cm³/mol. The molecule has 0 atom stereocenters. The van der Waals surface area contributed by atoms with E-state index in [2.05, 4.69) is 36.1 Å². The van der Waals surface area contributed by atoms with Crippen LogP contribution in [0.2, 0.25) is 0 Å². The molecule has 0 amide bonds. The fourth-order valence-electron chi connectivity index (χ4n) is 2.62. The van der Waals surface area contributed by atoms with Crippen LogP contribution in [0.1, 0.15) is 19.4 Å². The summed E-state index contributed by atoms with van der Waals surface area (Å²) in [7, 11) is 1.53. The molecule has 3 aromatic rings. The van der Waals surface area contributed by atoms with Gasteiger partial charge in [0.2, 0.25) is 0 Å². The molecule has 0 radical (unpaired) electrons. The maximum atomic E-state index is 12.4. The number of nitrogens with zero attached hydrogens (tertiary/aromatic N) is 3. The topological polar surface area (TPSA) is 72.7 Å². The van der Waals surface area contributed by atoms with Crippen molar-refractivity contribution in [3.05, 3.63) is 56.6 Å². The smallest absolute Gasteiger partial charge is 0.293 e. The Hall–Kier alpha value is -2.28. The molecule has 0 saturated carbocycles. The minimum atomic E-state index is -0.289. The van der Waals surface area contributed by atoms with Gasteiger partial charge in [-0.25, -0.2) is 4.98 Å². The van der Waals surface area contributed by atoms with Gasteiger partial charge in [0.25, 0.3) is 11.1 Å². The molecule has 6 nitrogen and oxygen atoms in total. The van der Waals surface area contributed by atoms with E-state index in [1.54, 1.807) is 11.8 Å². The van der Waals surface area contributed by atoms with Gasteiger partial charge in [-0.15, -0.1) is 0 Å². The molecule has 1 N–H and O–H groups in total. The lowest BCUT2D eigenvalue weighted by Crippen LogP contribution is -2.28. The zero-order valence-corrected chi connectivity index (χ0v) is 14.8. The van der Waals surface area contributed by atoms with Gasteiger partial charge in [0.15, 0.2) is 10.7 Å². The number of H-pyrrole nitrogens is 1. The van der Waals surface area contributed by atoms with Crippen molar-refractivity contribution in [1.29, 1.82) is 0 Å². The second-order valence-corrected chi connectivity index (χ2v) is 7.49. The van der Waals surface area contributed by atoms with Gasteiger partial charge in [0, 0.05) is 18.8 Å². The van der Waals surface area contributed by atoms with Gasteiger partial charge in [-0.05, 0) is 12.0 Å². The number of nitrogens with one attached hydrogen (secondary N) is 1. The maximum absolute atomic E-state index is 12.4. The van der Waals surface area contributed by atoms with E-state index in [1.165, 1.54) is 17.3 Å². The fourth-order valence-corrected chi connectivity index (χ4v) is 3.50. The van der Waals surface area contributed by atoms with Crippen LogP contribution in [0.15, 0.2) is 45.1 Å². The van der Waals surface area contributed by atoms with E-state index in [9.17, 15) is 9.59 Å². The minimum absolute atomic E-state index is 0.234. The molecule has 7 heteroatoms. The van der Waals surface area contributed by atoms with Gasteiger partial charge >= 0.3 is 0 Å². The van der Waals surface area contributed by atoms with Crippen LogP contribution >= 0.6 is 11.8 Å². The molecular weight excluding hydrogens is 324 g/mol. The molecule has 0 aliphatic heterocycles. The van der Waals surface area contributed by atoms with Crippen LogP contribution in [0.5, 0.6) is 0 Å². The standard InChI is InChI=1S/C17H20N4O2S/c1-11(2)24-17-18-13-14(15(22)19-20(3)16(13)23)21(17)10-9-12-7-5-4-6-8-12/h4-8,11H,9-10H2,1-3H3,(H,19,22). The van der Waals surface area contributed by atoms with Gasteiger partial charge in [-0.3, -0.25) is 19.4 Å². The quantitative estimate of drug-likeness (QED) is 0.720. The number of thioether (sulfide) groups is 1. The zero-order valence-electron chi connectivity index (χ0n) is 13.9. The van der Waals surface area contributed by atoms with Crippen LogP contribution in [0.25, 0.3) is 11.0 Å². The molecule has 1 aromatic carbocycles. The van der Waals surface area contributed by atoms with E-state index in [-0.39, 0.29) is 16.6 Å². The first-order valence-corrected chi connectivity index (χ1v) is 8.75. The second kappa shape index (κ2) is 6.68. The first-order valence-electron chi connectivity index (χ1n) is 7.87. The molecule has 2 heterocycles. The highest BCUT2D eigenvalue weighted by Gasteiger charge is 2.18. The molecule has 2 aromatic heterocycles. The first-order chi connectivity index (χ1) is 11.5. The van der Waals surface area contributed by atoms with Gasteiger partial charge in [0.05, 0.1) is 0 Å². The Labute approximate surface area is 143 Å². The van der Waals surface area contributed by atoms with Crippen molar-refractivity contribution in [2.45, 2.75) is 37.2 Å².